The summed E-state index contributed by atoms with van der Waals surface area (Å²) in [6, 6.07) is 15.9. The van der Waals surface area contributed by atoms with Gasteiger partial charge in [0.2, 0.25) is 0 Å². The molecule has 1 aliphatic rings. The van der Waals surface area contributed by atoms with Gasteiger partial charge in [-0.15, -0.1) is 0 Å². The number of hydrogen-bond acceptors (Lipinski definition) is 3. The van der Waals surface area contributed by atoms with Crippen LogP contribution in [0.2, 0.25) is 0 Å². The van der Waals surface area contributed by atoms with Gasteiger partial charge in [0.1, 0.15) is 0 Å². The second-order valence-corrected chi connectivity index (χ2v) is 6.12. The number of anilines is 2. The van der Waals surface area contributed by atoms with Crippen molar-refractivity contribution in [2.75, 3.05) is 43.9 Å². The van der Waals surface area contributed by atoms with E-state index in [2.05, 4.69) is 22.6 Å². The summed E-state index contributed by atoms with van der Waals surface area (Å²) in [5.41, 5.74) is 1.89. The maximum absolute atomic E-state index is 12.6. The predicted octanol–water partition coefficient (Wildman–Crippen LogP) is 2.72. The largest absolute Gasteiger partial charge is 0.336 e. The summed E-state index contributed by atoms with van der Waals surface area (Å²) in [4.78, 5) is 28.7. The maximum atomic E-state index is 12.6. The monoisotopic (exact) mass is 338 g/mol. The Balaban J connectivity index is 1.63. The molecule has 0 aromatic heterocycles. The van der Waals surface area contributed by atoms with Crippen LogP contribution in [0.4, 0.5) is 16.2 Å². The topological polar surface area (TPSA) is 64.7 Å². The predicted molar refractivity (Wildman–Crippen MR) is 98.9 cm³/mol. The van der Waals surface area contributed by atoms with Gasteiger partial charge in [-0.05, 0) is 37.4 Å². The summed E-state index contributed by atoms with van der Waals surface area (Å²) in [7, 11) is 2.05. The highest BCUT2D eigenvalue weighted by Gasteiger charge is 2.20. The normalized spacial score (nSPS) is 14.8. The van der Waals surface area contributed by atoms with Crippen molar-refractivity contribution in [1.82, 2.24) is 9.80 Å². The van der Waals surface area contributed by atoms with Gasteiger partial charge in [0.05, 0.1) is 0 Å². The minimum Gasteiger partial charge on any atom is -0.336 e. The number of piperazine rings is 1. The molecule has 1 saturated heterocycles. The second-order valence-electron chi connectivity index (χ2n) is 6.12. The van der Waals surface area contributed by atoms with Crippen molar-refractivity contribution in [2.24, 2.45) is 0 Å². The van der Waals surface area contributed by atoms with Crippen LogP contribution in [0, 0.1) is 0 Å². The van der Waals surface area contributed by atoms with Crippen molar-refractivity contribution >= 4 is 23.3 Å². The summed E-state index contributed by atoms with van der Waals surface area (Å²) >= 11 is 0. The molecule has 3 amide bonds. The SMILES string of the molecule is CN1CCN(C(=O)c2cccc(NC(=O)Nc3ccccc3)c2)CC1. The summed E-state index contributed by atoms with van der Waals surface area (Å²) < 4.78 is 0. The van der Waals surface area contributed by atoms with Crippen LogP contribution >= 0.6 is 0 Å². The van der Waals surface area contributed by atoms with E-state index in [9.17, 15) is 9.59 Å². The van der Waals surface area contributed by atoms with Gasteiger partial charge in [-0.1, -0.05) is 24.3 Å². The molecule has 0 aliphatic carbocycles. The van der Waals surface area contributed by atoms with Crippen molar-refractivity contribution in [3.63, 3.8) is 0 Å². The van der Waals surface area contributed by atoms with Crippen molar-refractivity contribution in [3.05, 3.63) is 60.2 Å². The minimum absolute atomic E-state index is 0.000201. The van der Waals surface area contributed by atoms with E-state index < -0.39 is 0 Å². The van der Waals surface area contributed by atoms with E-state index in [1.165, 1.54) is 0 Å². The van der Waals surface area contributed by atoms with Crippen LogP contribution in [0.3, 0.4) is 0 Å². The smallest absolute Gasteiger partial charge is 0.323 e. The molecular weight excluding hydrogens is 316 g/mol. The third-order valence-electron chi connectivity index (χ3n) is 4.19. The van der Waals surface area contributed by atoms with Crippen molar-refractivity contribution in [3.8, 4) is 0 Å². The Bertz CT molecular complexity index is 740. The molecule has 6 heteroatoms. The second kappa shape index (κ2) is 7.81. The first kappa shape index (κ1) is 17.0. The Morgan fingerprint density at radius 1 is 0.840 bits per heavy atom. The molecular formula is C19H22N4O2. The molecule has 0 spiro atoms. The lowest BCUT2D eigenvalue weighted by Gasteiger charge is -2.32. The van der Waals surface area contributed by atoms with Gasteiger partial charge < -0.3 is 20.4 Å². The highest BCUT2D eigenvalue weighted by Crippen LogP contribution is 2.15. The van der Waals surface area contributed by atoms with Gasteiger partial charge in [-0.25, -0.2) is 4.79 Å². The molecule has 3 rings (SSSR count). The fourth-order valence-electron chi connectivity index (χ4n) is 2.74. The molecule has 1 fully saturated rings. The molecule has 2 aromatic rings. The zero-order valence-corrected chi connectivity index (χ0v) is 14.2. The third kappa shape index (κ3) is 4.58. The van der Waals surface area contributed by atoms with Crippen LogP contribution in [0.25, 0.3) is 0 Å². The lowest BCUT2D eigenvalue weighted by atomic mass is 10.1. The van der Waals surface area contributed by atoms with Gasteiger partial charge in [-0.2, -0.15) is 0 Å². The van der Waals surface area contributed by atoms with Crippen LogP contribution in [0.5, 0.6) is 0 Å². The minimum atomic E-state index is -0.338. The van der Waals surface area contributed by atoms with E-state index in [0.717, 1.165) is 26.2 Å². The number of nitrogens with one attached hydrogen (secondary N) is 2. The number of amides is 3. The lowest BCUT2D eigenvalue weighted by molar-refractivity contribution is 0.0664. The standard InChI is InChI=1S/C19H22N4O2/c1-22-10-12-23(13-11-22)18(24)15-6-5-9-17(14-15)21-19(25)20-16-7-3-2-4-8-16/h2-9,14H,10-13H2,1H3,(H2,20,21,25). The van der Waals surface area contributed by atoms with Crippen LogP contribution < -0.4 is 10.6 Å². The molecule has 1 heterocycles. The molecule has 0 bridgehead atoms. The molecule has 6 nitrogen and oxygen atoms in total. The number of urea groups is 1. The average molecular weight is 338 g/mol. The number of carbonyl (C=O) groups is 2. The van der Waals surface area contributed by atoms with Crippen molar-refractivity contribution < 1.29 is 9.59 Å². The fourth-order valence-corrected chi connectivity index (χ4v) is 2.74. The van der Waals surface area contributed by atoms with E-state index in [4.69, 9.17) is 0 Å². The zero-order chi connectivity index (χ0) is 17.6. The Hall–Kier alpha value is -2.86. The maximum Gasteiger partial charge on any atom is 0.323 e. The van der Waals surface area contributed by atoms with Crippen LogP contribution in [-0.2, 0) is 0 Å². The van der Waals surface area contributed by atoms with Gasteiger partial charge in [0.15, 0.2) is 0 Å². The first-order valence-corrected chi connectivity index (χ1v) is 8.33. The van der Waals surface area contributed by atoms with E-state index in [0.29, 0.717) is 16.9 Å². The molecule has 25 heavy (non-hydrogen) atoms. The van der Waals surface area contributed by atoms with Gasteiger partial charge in [0, 0.05) is 43.1 Å². The summed E-state index contributed by atoms with van der Waals surface area (Å²) in [5, 5.41) is 5.52. The van der Waals surface area contributed by atoms with E-state index in [1.54, 1.807) is 24.3 Å². The molecule has 2 N–H and O–H groups in total. The number of benzene rings is 2. The number of rotatable bonds is 3. The average Bonchev–Trinajstić information content (AvgIpc) is 2.63. The van der Waals surface area contributed by atoms with Crippen molar-refractivity contribution in [2.45, 2.75) is 0 Å². The summed E-state index contributed by atoms with van der Waals surface area (Å²) in [6.45, 7) is 3.20. The Kier molecular flexibility index (Phi) is 5.30. The van der Waals surface area contributed by atoms with Gasteiger partial charge in [0.25, 0.3) is 5.91 Å². The number of likely N-dealkylation sites (N-methyl/N-ethyl adjacent to an activating group) is 1. The Morgan fingerprint density at radius 2 is 1.48 bits per heavy atom. The van der Waals surface area contributed by atoms with Crippen LogP contribution in [-0.4, -0.2) is 55.0 Å². The first-order valence-electron chi connectivity index (χ1n) is 8.33. The van der Waals surface area contributed by atoms with Crippen LogP contribution in [0.1, 0.15) is 10.4 Å². The number of carbonyl (C=O) groups excluding carboxylic acids is 2. The third-order valence-corrected chi connectivity index (χ3v) is 4.19. The molecule has 2 aromatic carbocycles. The molecule has 1 aliphatic heterocycles. The number of hydrogen-bond donors (Lipinski definition) is 2. The molecule has 0 unspecified atom stereocenters. The molecule has 0 radical (unpaired) electrons. The van der Waals surface area contributed by atoms with E-state index in [-0.39, 0.29) is 11.9 Å². The Morgan fingerprint density at radius 3 is 2.20 bits per heavy atom. The fraction of sp³-hybridized carbons (Fsp3) is 0.263. The number of nitrogens with zero attached hydrogens (tertiary/aromatic N) is 2. The van der Waals surface area contributed by atoms with Crippen LogP contribution in [0.15, 0.2) is 54.6 Å². The zero-order valence-electron chi connectivity index (χ0n) is 14.2. The number of para-hydroxylation sites is 1. The molecule has 0 atom stereocenters. The molecule has 0 saturated carbocycles. The molecule has 130 valence electrons. The highest BCUT2D eigenvalue weighted by molar-refractivity contribution is 6.01. The van der Waals surface area contributed by atoms with Gasteiger partial charge in [-0.3, -0.25) is 4.79 Å². The first-order chi connectivity index (χ1) is 12.1. The van der Waals surface area contributed by atoms with Gasteiger partial charge >= 0.3 is 6.03 Å². The summed E-state index contributed by atoms with van der Waals surface area (Å²) in [6.07, 6.45) is 0. The van der Waals surface area contributed by atoms with E-state index in [1.807, 2.05) is 35.2 Å². The highest BCUT2D eigenvalue weighted by atomic mass is 16.2. The van der Waals surface area contributed by atoms with E-state index >= 15 is 0 Å². The summed E-state index contributed by atoms with van der Waals surface area (Å²) in [5.74, 6) is 0.000201. The quantitative estimate of drug-likeness (QED) is 0.904. The Labute approximate surface area is 147 Å². The lowest BCUT2D eigenvalue weighted by Crippen LogP contribution is -2.47. The van der Waals surface area contributed by atoms with Crippen molar-refractivity contribution in [1.29, 1.82) is 0 Å².